The number of hydrogen-bond acceptors (Lipinski definition) is 11. The standard InChI is InChI=1S/C30H33N7O4/c1-5-40-24-14-12-21(16-26(24)38-3)19-31-36-29-18-28(33-23-10-8-7-9-11-23)34-30(35-29)37-32-20-22-13-15-25(41-6-2)27(17-22)39-4/h7-20H,5-6H2,1-4H3,(H3,33,34,35,36,37). The Balaban J connectivity index is 1.52. The Kier molecular flexibility index (Phi) is 10.3. The number of ether oxygens (including phenoxy) is 4. The maximum absolute atomic E-state index is 5.58. The molecule has 0 bridgehead atoms. The van der Waals surface area contributed by atoms with E-state index in [2.05, 4.69) is 36.3 Å². The van der Waals surface area contributed by atoms with E-state index in [1.165, 1.54) is 0 Å². The molecule has 3 aromatic carbocycles. The highest BCUT2D eigenvalue weighted by atomic mass is 16.5. The molecule has 41 heavy (non-hydrogen) atoms. The molecule has 3 N–H and O–H groups in total. The predicted molar refractivity (Wildman–Crippen MR) is 163 cm³/mol. The van der Waals surface area contributed by atoms with Crippen molar-refractivity contribution in [2.45, 2.75) is 13.8 Å². The Morgan fingerprint density at radius 3 is 1.78 bits per heavy atom. The summed E-state index contributed by atoms with van der Waals surface area (Å²) in [6.07, 6.45) is 3.30. The molecule has 11 heteroatoms. The predicted octanol–water partition coefficient (Wildman–Crippen LogP) is 5.93. The van der Waals surface area contributed by atoms with Crippen LogP contribution in [0.25, 0.3) is 0 Å². The van der Waals surface area contributed by atoms with Gasteiger partial charge in [0.05, 0.1) is 39.9 Å². The number of para-hydroxylation sites is 1. The quantitative estimate of drug-likeness (QED) is 0.128. The second kappa shape index (κ2) is 14.7. The van der Waals surface area contributed by atoms with Crippen molar-refractivity contribution in [2.75, 3.05) is 43.6 Å². The van der Waals surface area contributed by atoms with Gasteiger partial charge in [-0.05, 0) is 73.5 Å². The number of nitrogens with one attached hydrogen (secondary N) is 3. The summed E-state index contributed by atoms with van der Waals surface area (Å²) in [4.78, 5) is 9.03. The molecule has 0 aliphatic heterocycles. The van der Waals surface area contributed by atoms with Crippen LogP contribution in [0.1, 0.15) is 25.0 Å². The monoisotopic (exact) mass is 555 g/mol. The minimum atomic E-state index is 0.264. The first-order valence-corrected chi connectivity index (χ1v) is 13.0. The maximum atomic E-state index is 5.58. The number of hydrazone groups is 2. The van der Waals surface area contributed by atoms with Gasteiger partial charge in [0, 0.05) is 11.8 Å². The summed E-state index contributed by atoms with van der Waals surface area (Å²) in [5, 5.41) is 11.9. The molecule has 0 atom stereocenters. The molecule has 1 aromatic heterocycles. The Bertz CT molecular complexity index is 1390. The summed E-state index contributed by atoms with van der Waals surface area (Å²) in [6, 6.07) is 22.6. The fraction of sp³-hybridized carbons (Fsp3) is 0.200. The number of methoxy groups -OCH3 is 2. The molecule has 4 rings (SSSR count). The summed E-state index contributed by atoms with van der Waals surface area (Å²) < 4.78 is 22.0. The molecule has 0 spiro atoms. The Morgan fingerprint density at radius 2 is 1.22 bits per heavy atom. The third kappa shape index (κ3) is 8.33. The highest BCUT2D eigenvalue weighted by Crippen LogP contribution is 2.28. The van der Waals surface area contributed by atoms with Crippen molar-refractivity contribution in [1.29, 1.82) is 0 Å². The molecule has 1 heterocycles. The van der Waals surface area contributed by atoms with Gasteiger partial charge in [-0.25, -0.2) is 5.43 Å². The molecule has 4 aromatic rings. The van der Waals surface area contributed by atoms with E-state index in [1.807, 2.05) is 80.6 Å². The van der Waals surface area contributed by atoms with Gasteiger partial charge in [-0.2, -0.15) is 20.2 Å². The molecule has 0 amide bonds. The fourth-order valence-corrected chi connectivity index (χ4v) is 3.70. The lowest BCUT2D eigenvalue weighted by Crippen LogP contribution is -2.04. The van der Waals surface area contributed by atoms with Crippen molar-refractivity contribution in [2.24, 2.45) is 10.2 Å². The number of nitrogens with zero attached hydrogens (tertiary/aromatic N) is 4. The van der Waals surface area contributed by atoms with Crippen LogP contribution in [-0.2, 0) is 0 Å². The first kappa shape index (κ1) is 28.7. The largest absolute Gasteiger partial charge is 0.493 e. The average molecular weight is 556 g/mol. The molecule has 0 aliphatic rings. The Morgan fingerprint density at radius 1 is 0.659 bits per heavy atom. The van der Waals surface area contributed by atoms with E-state index in [-0.39, 0.29) is 5.95 Å². The SMILES string of the molecule is CCOc1ccc(C=NNc2cc(Nc3ccccc3)nc(NN=Cc3ccc(OCC)c(OC)c3)n2)cc1OC. The summed E-state index contributed by atoms with van der Waals surface area (Å²) in [5.74, 6) is 3.86. The second-order valence-electron chi connectivity index (χ2n) is 8.38. The lowest BCUT2D eigenvalue weighted by atomic mass is 10.2. The van der Waals surface area contributed by atoms with Crippen molar-refractivity contribution in [3.05, 3.63) is 83.9 Å². The van der Waals surface area contributed by atoms with Crippen molar-refractivity contribution < 1.29 is 18.9 Å². The summed E-state index contributed by atoms with van der Waals surface area (Å²) in [7, 11) is 3.20. The van der Waals surface area contributed by atoms with Gasteiger partial charge in [0.2, 0.25) is 5.95 Å². The molecule has 0 aliphatic carbocycles. The van der Waals surface area contributed by atoms with Crippen molar-refractivity contribution in [3.8, 4) is 23.0 Å². The molecule has 212 valence electrons. The van der Waals surface area contributed by atoms with Crippen molar-refractivity contribution in [3.63, 3.8) is 0 Å². The third-order valence-corrected chi connectivity index (χ3v) is 5.52. The Hall–Kier alpha value is -5.32. The second-order valence-corrected chi connectivity index (χ2v) is 8.38. The summed E-state index contributed by atoms with van der Waals surface area (Å²) in [5.41, 5.74) is 8.36. The summed E-state index contributed by atoms with van der Waals surface area (Å²) in [6.45, 7) is 4.94. The number of rotatable bonds is 14. The van der Waals surface area contributed by atoms with E-state index in [1.54, 1.807) is 32.7 Å². The van der Waals surface area contributed by atoms with Crippen LogP contribution < -0.4 is 35.1 Å². The molecule has 0 radical (unpaired) electrons. The zero-order valence-corrected chi connectivity index (χ0v) is 23.4. The van der Waals surface area contributed by atoms with Crippen molar-refractivity contribution >= 4 is 35.7 Å². The van der Waals surface area contributed by atoms with Crippen LogP contribution in [0.3, 0.4) is 0 Å². The first-order valence-electron chi connectivity index (χ1n) is 13.0. The number of benzene rings is 3. The van der Waals surface area contributed by atoms with Crippen LogP contribution in [0, 0.1) is 0 Å². The van der Waals surface area contributed by atoms with Gasteiger partial charge in [0.25, 0.3) is 0 Å². The van der Waals surface area contributed by atoms with Gasteiger partial charge in [-0.15, -0.1) is 0 Å². The van der Waals surface area contributed by atoms with E-state index in [0.29, 0.717) is 47.8 Å². The lowest BCUT2D eigenvalue weighted by molar-refractivity contribution is 0.311. The molecule has 0 unspecified atom stereocenters. The molecule has 0 fully saturated rings. The lowest BCUT2D eigenvalue weighted by Gasteiger charge is -2.10. The Labute approximate surface area is 239 Å². The van der Waals surface area contributed by atoms with Crippen molar-refractivity contribution in [1.82, 2.24) is 9.97 Å². The zero-order chi connectivity index (χ0) is 28.9. The summed E-state index contributed by atoms with van der Waals surface area (Å²) >= 11 is 0. The minimum Gasteiger partial charge on any atom is -0.493 e. The van der Waals surface area contributed by atoms with Gasteiger partial charge in [0.15, 0.2) is 28.8 Å². The van der Waals surface area contributed by atoms with Gasteiger partial charge in [-0.3, -0.25) is 5.43 Å². The highest BCUT2D eigenvalue weighted by molar-refractivity contribution is 5.82. The van der Waals surface area contributed by atoms with E-state index in [4.69, 9.17) is 18.9 Å². The van der Waals surface area contributed by atoms with Gasteiger partial charge < -0.3 is 24.3 Å². The van der Waals surface area contributed by atoms with E-state index in [0.717, 1.165) is 16.8 Å². The van der Waals surface area contributed by atoms with E-state index < -0.39 is 0 Å². The van der Waals surface area contributed by atoms with E-state index >= 15 is 0 Å². The van der Waals surface area contributed by atoms with Crippen LogP contribution in [0.2, 0.25) is 0 Å². The van der Waals surface area contributed by atoms with Crippen LogP contribution in [-0.4, -0.2) is 49.8 Å². The van der Waals surface area contributed by atoms with Crippen LogP contribution in [0.4, 0.5) is 23.3 Å². The average Bonchev–Trinajstić information content (AvgIpc) is 2.99. The molecular formula is C30H33N7O4. The third-order valence-electron chi connectivity index (χ3n) is 5.52. The number of aromatic nitrogens is 2. The first-order chi connectivity index (χ1) is 20.1. The molecule has 11 nitrogen and oxygen atoms in total. The molecule has 0 saturated carbocycles. The number of hydrogen-bond donors (Lipinski definition) is 3. The fourth-order valence-electron chi connectivity index (χ4n) is 3.70. The van der Waals surface area contributed by atoms with Gasteiger partial charge in [0.1, 0.15) is 5.82 Å². The minimum absolute atomic E-state index is 0.264. The van der Waals surface area contributed by atoms with Crippen LogP contribution in [0.15, 0.2) is 83.0 Å². The normalized spacial score (nSPS) is 10.9. The number of anilines is 4. The smallest absolute Gasteiger partial charge is 0.247 e. The topological polar surface area (TPSA) is 124 Å². The van der Waals surface area contributed by atoms with E-state index in [9.17, 15) is 0 Å². The highest BCUT2D eigenvalue weighted by Gasteiger charge is 2.07. The van der Waals surface area contributed by atoms with Gasteiger partial charge >= 0.3 is 0 Å². The van der Waals surface area contributed by atoms with Crippen LogP contribution in [0.5, 0.6) is 23.0 Å². The maximum Gasteiger partial charge on any atom is 0.247 e. The van der Waals surface area contributed by atoms with Gasteiger partial charge in [-0.1, -0.05) is 18.2 Å². The molecular weight excluding hydrogens is 522 g/mol. The zero-order valence-electron chi connectivity index (χ0n) is 23.4. The molecule has 0 saturated heterocycles. The van der Waals surface area contributed by atoms with Crippen LogP contribution >= 0.6 is 0 Å².